The van der Waals surface area contributed by atoms with Crippen LogP contribution in [0.1, 0.15) is 17.5 Å². The number of alkyl halides is 6. The summed E-state index contributed by atoms with van der Waals surface area (Å²) in [4.78, 5) is 33.0. The molecule has 3 aliphatic heterocycles. The fourth-order valence-corrected chi connectivity index (χ4v) is 7.62. The van der Waals surface area contributed by atoms with Crippen LogP contribution in [0.3, 0.4) is 0 Å². The first-order valence-corrected chi connectivity index (χ1v) is 15.7. The highest BCUT2D eigenvalue weighted by Crippen LogP contribution is 2.47. The normalized spacial score (nSPS) is 24.0. The topological polar surface area (TPSA) is 96.0 Å². The average molecular weight is 648 g/mol. The van der Waals surface area contributed by atoms with E-state index < -0.39 is 43.5 Å². The van der Waals surface area contributed by atoms with Crippen molar-refractivity contribution in [2.24, 2.45) is 5.92 Å². The van der Waals surface area contributed by atoms with Crippen molar-refractivity contribution in [3.8, 4) is 5.75 Å². The van der Waals surface area contributed by atoms with Gasteiger partial charge in [0.25, 0.3) is 0 Å². The fraction of sp³-hybridized carbons (Fsp3) is 0.536. The maximum atomic E-state index is 13.9. The van der Waals surface area contributed by atoms with Crippen molar-refractivity contribution < 1.29 is 45.4 Å². The van der Waals surface area contributed by atoms with E-state index in [9.17, 15) is 35.9 Å². The summed E-state index contributed by atoms with van der Waals surface area (Å²) in [5.74, 6) is -1.93. The number of carbonyl (C=O) groups is 2. The van der Waals surface area contributed by atoms with Gasteiger partial charge in [-0.05, 0) is 11.6 Å². The highest BCUT2D eigenvalue weighted by molar-refractivity contribution is 7.72. The van der Waals surface area contributed by atoms with Crippen molar-refractivity contribution in [3.05, 3.63) is 53.7 Å². The smallest absolute Gasteiger partial charge is 0.418 e. The van der Waals surface area contributed by atoms with Gasteiger partial charge in [-0.25, -0.2) is 4.98 Å². The molecular formula is C28H32F6N5O4P. The molecule has 0 aliphatic carbocycles. The summed E-state index contributed by atoms with van der Waals surface area (Å²) in [5, 5.41) is 5.80. The second kappa shape index (κ2) is 13.6. The summed E-state index contributed by atoms with van der Waals surface area (Å²) in [6.07, 6.45) is -8.16. The zero-order chi connectivity index (χ0) is 31.5. The van der Waals surface area contributed by atoms with E-state index >= 15 is 0 Å². The second-order valence-electron chi connectivity index (χ2n) is 10.8. The van der Waals surface area contributed by atoms with Crippen LogP contribution in [0.15, 0.2) is 42.6 Å². The molecule has 4 unspecified atom stereocenters. The van der Waals surface area contributed by atoms with Gasteiger partial charge in [-0.3, -0.25) is 14.7 Å². The Kier molecular flexibility index (Phi) is 9.98. The average Bonchev–Trinajstić information content (AvgIpc) is 2.98. The number of nitrogens with one attached hydrogen (secondary N) is 2. The lowest BCUT2D eigenvalue weighted by Gasteiger charge is -2.44. The number of aromatic nitrogens is 1. The van der Waals surface area contributed by atoms with Crippen LogP contribution in [0, 0.1) is 5.92 Å². The van der Waals surface area contributed by atoms with Crippen molar-refractivity contribution in [1.29, 1.82) is 0 Å². The molecule has 4 atom stereocenters. The number of piperazine rings is 1. The Morgan fingerprint density at radius 2 is 1.91 bits per heavy atom. The quantitative estimate of drug-likeness (QED) is 0.242. The number of benzene rings is 1. The van der Waals surface area contributed by atoms with Crippen LogP contribution in [0.2, 0.25) is 0 Å². The molecule has 0 radical (unpaired) electrons. The Hall–Kier alpha value is -3.00. The molecule has 2 N–H and O–H groups in total. The molecule has 1 aromatic carbocycles. The van der Waals surface area contributed by atoms with E-state index in [4.69, 9.17) is 9.47 Å². The number of ether oxygens (including phenoxy) is 2. The molecule has 240 valence electrons. The molecule has 0 bridgehead atoms. The zero-order valence-corrected chi connectivity index (χ0v) is 24.4. The second-order valence-corrected chi connectivity index (χ2v) is 12.7. The summed E-state index contributed by atoms with van der Waals surface area (Å²) < 4.78 is 91.7. The van der Waals surface area contributed by atoms with Gasteiger partial charge in [0, 0.05) is 59.2 Å². The first-order valence-electron chi connectivity index (χ1n) is 14.1. The van der Waals surface area contributed by atoms with Crippen LogP contribution in [0.25, 0.3) is 0 Å². The largest absolute Gasteiger partial charge is 0.487 e. The van der Waals surface area contributed by atoms with Crippen molar-refractivity contribution >= 4 is 25.3 Å². The molecule has 1 aromatic heterocycles. The number of hydrogen-bond acceptors (Lipinski definition) is 8. The molecular weight excluding hydrogens is 615 g/mol. The number of amides is 1. The summed E-state index contributed by atoms with van der Waals surface area (Å²) in [7, 11) is -1.68. The lowest BCUT2D eigenvalue weighted by molar-refractivity contribution is -0.183. The molecule has 2 fully saturated rings. The Morgan fingerprint density at radius 3 is 2.64 bits per heavy atom. The molecule has 16 heteroatoms. The van der Waals surface area contributed by atoms with E-state index in [0.29, 0.717) is 25.5 Å². The Balaban J connectivity index is 1.03. The first kappa shape index (κ1) is 32.4. The number of fused-ring (bicyclic) bond motifs is 3. The van der Waals surface area contributed by atoms with Crippen LogP contribution < -0.4 is 20.0 Å². The maximum Gasteiger partial charge on any atom is 0.418 e. The van der Waals surface area contributed by atoms with Crippen LogP contribution in [0.5, 0.6) is 5.75 Å². The maximum absolute atomic E-state index is 13.9. The summed E-state index contributed by atoms with van der Waals surface area (Å²) in [5.41, 5.74) is -0.926. The number of hydrogen-bond donors (Lipinski definition) is 2. The molecule has 5 rings (SSSR count). The predicted octanol–water partition coefficient (Wildman–Crippen LogP) is 3.78. The minimum Gasteiger partial charge on any atom is -0.487 e. The van der Waals surface area contributed by atoms with Gasteiger partial charge in [-0.2, -0.15) is 26.3 Å². The third-order valence-electron chi connectivity index (χ3n) is 7.78. The SMILES string of the molecule is O=C(CCOCCNC1CNP(Cc2ccccc2)C(=O)C1C(F)(F)F)N1CCN2c3ncc(C(F)(F)F)cc3OCC2C1. The van der Waals surface area contributed by atoms with Gasteiger partial charge >= 0.3 is 12.4 Å². The van der Waals surface area contributed by atoms with Crippen molar-refractivity contribution in [1.82, 2.24) is 20.3 Å². The van der Waals surface area contributed by atoms with E-state index in [0.717, 1.165) is 17.8 Å². The molecule has 0 spiro atoms. The molecule has 3 aliphatic rings. The van der Waals surface area contributed by atoms with Gasteiger partial charge < -0.3 is 24.6 Å². The highest BCUT2D eigenvalue weighted by atomic mass is 31.1. The van der Waals surface area contributed by atoms with E-state index in [1.54, 1.807) is 35.2 Å². The predicted molar refractivity (Wildman–Crippen MR) is 149 cm³/mol. The van der Waals surface area contributed by atoms with Crippen LogP contribution in [-0.2, 0) is 26.7 Å². The number of pyridine rings is 1. The van der Waals surface area contributed by atoms with E-state index in [2.05, 4.69) is 15.4 Å². The van der Waals surface area contributed by atoms with Crippen LogP contribution in [-0.4, -0.2) is 92.1 Å². The lowest BCUT2D eigenvalue weighted by Crippen LogP contribution is -2.58. The molecule has 44 heavy (non-hydrogen) atoms. The standard InChI is InChI=1S/C28H32F6N5O4P/c29-27(30,31)19-12-22-25(36-13-19)39-9-8-38(15-20(39)16-43-22)23(40)6-10-42-11-7-35-21-14-37-44(17-18-4-2-1-3-5-18)26(41)24(21)28(32,33)34/h1-5,12-13,20-21,24,35,37H,6-11,14-17H2. The Morgan fingerprint density at radius 1 is 1.14 bits per heavy atom. The molecule has 0 saturated carbocycles. The van der Waals surface area contributed by atoms with Crippen LogP contribution in [0.4, 0.5) is 32.2 Å². The minimum atomic E-state index is -4.68. The van der Waals surface area contributed by atoms with Crippen molar-refractivity contribution in [3.63, 3.8) is 0 Å². The number of anilines is 1. The molecule has 2 aromatic rings. The van der Waals surface area contributed by atoms with Crippen LogP contribution >= 0.6 is 8.07 Å². The van der Waals surface area contributed by atoms with Gasteiger partial charge in [-0.15, -0.1) is 0 Å². The number of carbonyl (C=O) groups excluding carboxylic acids is 2. The first-order chi connectivity index (χ1) is 20.9. The Bertz CT molecular complexity index is 1320. The molecule has 2 saturated heterocycles. The molecule has 9 nitrogen and oxygen atoms in total. The third kappa shape index (κ3) is 7.61. The molecule has 4 heterocycles. The highest BCUT2D eigenvalue weighted by Gasteiger charge is 2.53. The third-order valence-corrected chi connectivity index (χ3v) is 9.84. The summed E-state index contributed by atoms with van der Waals surface area (Å²) >= 11 is 0. The summed E-state index contributed by atoms with van der Waals surface area (Å²) in [6.45, 7) is 1.29. The van der Waals surface area contributed by atoms with Crippen molar-refractivity contribution in [2.45, 2.75) is 37.0 Å². The molecule has 1 amide bonds. The zero-order valence-electron chi connectivity index (χ0n) is 23.5. The Labute approximate surface area is 251 Å². The summed E-state index contributed by atoms with van der Waals surface area (Å²) in [6, 6.07) is 8.46. The van der Waals surface area contributed by atoms with E-state index in [1.165, 1.54) is 0 Å². The number of nitrogens with zero attached hydrogens (tertiary/aromatic N) is 3. The number of halogens is 6. The monoisotopic (exact) mass is 647 g/mol. The van der Waals surface area contributed by atoms with Gasteiger partial charge in [-0.1, -0.05) is 30.3 Å². The van der Waals surface area contributed by atoms with Gasteiger partial charge in [0.15, 0.2) is 17.1 Å². The van der Waals surface area contributed by atoms with E-state index in [-0.39, 0.29) is 63.2 Å². The minimum absolute atomic E-state index is 0.00666. The van der Waals surface area contributed by atoms with Gasteiger partial charge in [0.05, 0.1) is 31.2 Å². The van der Waals surface area contributed by atoms with Gasteiger partial charge in [0.2, 0.25) is 5.91 Å². The van der Waals surface area contributed by atoms with E-state index in [1.807, 2.05) is 4.90 Å². The van der Waals surface area contributed by atoms with Gasteiger partial charge in [0.1, 0.15) is 12.5 Å². The lowest BCUT2D eigenvalue weighted by atomic mass is 10.0. The fourth-order valence-electron chi connectivity index (χ4n) is 5.54. The van der Waals surface area contributed by atoms with Crippen molar-refractivity contribution in [2.75, 3.05) is 57.4 Å². The number of rotatable bonds is 9.